The van der Waals surface area contributed by atoms with E-state index in [0.29, 0.717) is 31.5 Å². The first-order chi connectivity index (χ1) is 22.0. The van der Waals surface area contributed by atoms with Gasteiger partial charge in [0.2, 0.25) is 11.8 Å². The second-order valence-electron chi connectivity index (χ2n) is 12.6. The predicted octanol–water partition coefficient (Wildman–Crippen LogP) is 4.86. The molecule has 0 saturated carbocycles. The molecular formula is C36H42N4O5S. The lowest BCUT2D eigenvalue weighted by atomic mass is 9.98. The molecule has 3 N–H and O–H groups in total. The summed E-state index contributed by atoms with van der Waals surface area (Å²) in [5.74, 6) is -1.08. The summed E-state index contributed by atoms with van der Waals surface area (Å²) in [6, 6.07) is 20.6. The highest BCUT2D eigenvalue weighted by Gasteiger charge is 2.33. The average molecular weight is 643 g/mol. The van der Waals surface area contributed by atoms with E-state index in [1.807, 2.05) is 74.7 Å². The molecular weight excluding hydrogens is 600 g/mol. The normalized spacial score (nSPS) is 21.3. The molecule has 0 radical (unpaired) electrons. The quantitative estimate of drug-likeness (QED) is 0.256. The van der Waals surface area contributed by atoms with Gasteiger partial charge in [-0.15, -0.1) is 11.8 Å². The zero-order valence-electron chi connectivity index (χ0n) is 26.9. The number of hydrogen-bond donors (Lipinski definition) is 3. The first kappa shape index (κ1) is 33.2. The number of carbonyl (C=O) groups is 4. The highest BCUT2D eigenvalue weighted by Crippen LogP contribution is 2.33. The Morgan fingerprint density at radius 2 is 1.67 bits per heavy atom. The third kappa shape index (κ3) is 8.16. The first-order valence-corrected chi connectivity index (χ1v) is 16.9. The Kier molecular flexibility index (Phi) is 10.5. The number of esters is 1. The van der Waals surface area contributed by atoms with Gasteiger partial charge >= 0.3 is 5.97 Å². The van der Waals surface area contributed by atoms with E-state index in [2.05, 4.69) is 22.0 Å². The van der Waals surface area contributed by atoms with Crippen molar-refractivity contribution in [2.24, 2.45) is 0 Å². The molecule has 3 aliphatic rings. The predicted molar refractivity (Wildman–Crippen MR) is 181 cm³/mol. The molecule has 0 fully saturated rings. The topological polar surface area (TPSA) is 117 Å². The highest BCUT2D eigenvalue weighted by molar-refractivity contribution is 7.98. The molecule has 46 heavy (non-hydrogen) atoms. The van der Waals surface area contributed by atoms with Crippen LogP contribution in [-0.2, 0) is 32.1 Å². The summed E-state index contributed by atoms with van der Waals surface area (Å²) in [6.07, 6.45) is 2.89. The van der Waals surface area contributed by atoms with Crippen molar-refractivity contribution in [2.45, 2.75) is 75.6 Å². The van der Waals surface area contributed by atoms with E-state index in [9.17, 15) is 19.2 Å². The van der Waals surface area contributed by atoms with Gasteiger partial charge in [0.1, 0.15) is 12.1 Å². The van der Waals surface area contributed by atoms with Crippen molar-refractivity contribution in [1.29, 1.82) is 0 Å². The van der Waals surface area contributed by atoms with E-state index in [0.717, 1.165) is 32.8 Å². The van der Waals surface area contributed by atoms with Crippen LogP contribution in [0.25, 0.3) is 11.1 Å². The number of rotatable bonds is 1. The molecule has 242 valence electrons. The zero-order valence-corrected chi connectivity index (χ0v) is 27.7. The van der Waals surface area contributed by atoms with Gasteiger partial charge in [0, 0.05) is 41.2 Å². The van der Waals surface area contributed by atoms with Gasteiger partial charge in [-0.2, -0.15) is 0 Å². The number of fused-ring (bicyclic) bond motifs is 15. The molecule has 1 unspecified atom stereocenters. The first-order valence-electron chi connectivity index (χ1n) is 15.7. The number of carbonyl (C=O) groups excluding carboxylic acids is 4. The van der Waals surface area contributed by atoms with Crippen LogP contribution in [0.5, 0.6) is 0 Å². The van der Waals surface area contributed by atoms with Crippen molar-refractivity contribution in [3.8, 4) is 11.1 Å². The van der Waals surface area contributed by atoms with Crippen LogP contribution in [0.4, 0.5) is 5.69 Å². The van der Waals surface area contributed by atoms with Crippen molar-refractivity contribution in [1.82, 2.24) is 16.0 Å². The molecule has 3 heterocycles. The van der Waals surface area contributed by atoms with Gasteiger partial charge < -0.3 is 25.6 Å². The molecule has 6 rings (SSSR count). The lowest BCUT2D eigenvalue weighted by molar-refractivity contribution is -0.148. The van der Waals surface area contributed by atoms with E-state index in [4.69, 9.17) is 4.74 Å². The summed E-state index contributed by atoms with van der Waals surface area (Å²) >= 11 is 1.65. The maximum atomic E-state index is 14.1. The Hall–Kier alpha value is -4.15. The van der Waals surface area contributed by atoms with Crippen LogP contribution >= 0.6 is 11.8 Å². The van der Waals surface area contributed by atoms with E-state index in [-0.39, 0.29) is 37.1 Å². The molecule has 3 aromatic carbocycles. The van der Waals surface area contributed by atoms with Crippen molar-refractivity contribution in [3.05, 3.63) is 83.4 Å². The Balaban J connectivity index is 1.48. The molecule has 3 aromatic rings. The summed E-state index contributed by atoms with van der Waals surface area (Å²) in [4.78, 5) is 56.0. The second kappa shape index (κ2) is 14.5. The number of aryl methyl sites for hydroxylation is 1. The van der Waals surface area contributed by atoms with Crippen LogP contribution in [-0.4, -0.2) is 60.7 Å². The summed E-state index contributed by atoms with van der Waals surface area (Å²) in [7, 11) is 0. The van der Waals surface area contributed by atoms with Crippen LogP contribution in [0.3, 0.4) is 0 Å². The standard InChI is InChI=1S/C36H42N4O5S/c1-23-21-38-36(2,3)20-32(41)39-30-15-13-26-19-27(46-4)14-16-31(26)40(35(30)44)22-24-9-11-25(12-10-24)28-7-5-6-8-29(28)34(43)37-18-17-33(42)45-23/h5-12,14,16,19,23,30,38H,13,15,17-18,20-22H2,1-4H3,(H,37,43)(H,39,41)/t23?,30-/m1/s1. The van der Waals surface area contributed by atoms with Gasteiger partial charge in [0.15, 0.2) is 0 Å². The number of amides is 3. The van der Waals surface area contributed by atoms with Crippen molar-refractivity contribution in [3.63, 3.8) is 0 Å². The number of thioether (sulfide) groups is 1. The summed E-state index contributed by atoms with van der Waals surface area (Å²) in [5.41, 5.74) is 4.34. The van der Waals surface area contributed by atoms with E-state index in [1.165, 1.54) is 0 Å². The number of benzene rings is 3. The van der Waals surface area contributed by atoms with E-state index in [1.54, 1.807) is 29.7 Å². The SMILES string of the molecule is CSc1ccc2c(c1)CC[C@H]1NC(=O)CC(C)(C)NCC(C)OC(=O)CCNC(=O)c3ccccc3-c3ccc(cc3)CN2C1=O. The van der Waals surface area contributed by atoms with Crippen LogP contribution in [0, 0.1) is 0 Å². The number of nitrogens with one attached hydrogen (secondary N) is 3. The van der Waals surface area contributed by atoms with Gasteiger partial charge in [-0.1, -0.05) is 42.5 Å². The summed E-state index contributed by atoms with van der Waals surface area (Å²) < 4.78 is 5.54. The Bertz CT molecular complexity index is 1610. The maximum Gasteiger partial charge on any atom is 0.307 e. The van der Waals surface area contributed by atoms with E-state index >= 15 is 0 Å². The molecule has 3 amide bonds. The molecule has 4 bridgehead atoms. The van der Waals surface area contributed by atoms with Gasteiger partial charge in [0.05, 0.1) is 13.0 Å². The Labute approximate surface area is 274 Å². The highest BCUT2D eigenvalue weighted by atomic mass is 32.2. The van der Waals surface area contributed by atoms with Gasteiger partial charge in [-0.3, -0.25) is 19.2 Å². The minimum Gasteiger partial charge on any atom is -0.461 e. The number of anilines is 1. The van der Waals surface area contributed by atoms with Gasteiger partial charge in [-0.25, -0.2) is 0 Å². The van der Waals surface area contributed by atoms with Crippen LogP contribution in [0.1, 0.15) is 61.5 Å². The Morgan fingerprint density at radius 3 is 2.41 bits per heavy atom. The molecule has 3 aliphatic heterocycles. The van der Waals surface area contributed by atoms with Crippen molar-refractivity contribution >= 4 is 41.1 Å². The Morgan fingerprint density at radius 1 is 0.935 bits per heavy atom. The van der Waals surface area contributed by atoms with Gasteiger partial charge in [-0.05, 0) is 86.4 Å². The van der Waals surface area contributed by atoms with Crippen LogP contribution in [0.2, 0.25) is 0 Å². The smallest absolute Gasteiger partial charge is 0.307 e. The number of ether oxygens (including phenoxy) is 1. The largest absolute Gasteiger partial charge is 0.461 e. The maximum absolute atomic E-state index is 14.1. The monoisotopic (exact) mass is 642 g/mol. The minimum absolute atomic E-state index is 0.0341. The molecule has 0 aromatic heterocycles. The molecule has 9 nitrogen and oxygen atoms in total. The summed E-state index contributed by atoms with van der Waals surface area (Å²) in [5, 5.41) is 9.19. The lowest BCUT2D eigenvalue weighted by Crippen LogP contribution is -2.51. The average Bonchev–Trinajstić information content (AvgIpc) is 3.15. The molecule has 10 heteroatoms. The fraction of sp³-hybridized carbons (Fsp3) is 0.389. The van der Waals surface area contributed by atoms with Gasteiger partial charge in [0.25, 0.3) is 5.91 Å². The molecule has 0 saturated heterocycles. The zero-order chi connectivity index (χ0) is 32.8. The number of nitrogens with zero attached hydrogens (tertiary/aromatic N) is 1. The van der Waals surface area contributed by atoms with Crippen LogP contribution in [0.15, 0.2) is 71.6 Å². The fourth-order valence-electron chi connectivity index (χ4n) is 5.91. The third-order valence-electron chi connectivity index (χ3n) is 8.37. The third-order valence-corrected chi connectivity index (χ3v) is 9.10. The van der Waals surface area contributed by atoms with E-state index < -0.39 is 23.7 Å². The lowest BCUT2D eigenvalue weighted by Gasteiger charge is -2.29. The van der Waals surface area contributed by atoms with Crippen LogP contribution < -0.4 is 20.9 Å². The molecule has 0 spiro atoms. The van der Waals surface area contributed by atoms with Crippen molar-refractivity contribution in [2.75, 3.05) is 24.2 Å². The number of hydrogen-bond acceptors (Lipinski definition) is 7. The second-order valence-corrected chi connectivity index (χ2v) is 13.4. The molecule has 2 atom stereocenters. The fourth-order valence-corrected chi connectivity index (χ4v) is 6.38. The summed E-state index contributed by atoms with van der Waals surface area (Å²) in [6.45, 7) is 6.40. The molecule has 0 aliphatic carbocycles. The minimum atomic E-state index is -0.681. The van der Waals surface area contributed by atoms with Crippen molar-refractivity contribution < 1.29 is 23.9 Å².